The minimum absolute atomic E-state index is 0.344. The summed E-state index contributed by atoms with van der Waals surface area (Å²) in [6, 6.07) is 2.47. The van der Waals surface area contributed by atoms with Crippen molar-refractivity contribution < 1.29 is 0 Å². The molecule has 0 saturated carbocycles. The highest BCUT2D eigenvalue weighted by Crippen LogP contribution is 2.08. The van der Waals surface area contributed by atoms with Gasteiger partial charge >= 0.3 is 0 Å². The van der Waals surface area contributed by atoms with Crippen molar-refractivity contribution in [1.82, 2.24) is 15.2 Å². The van der Waals surface area contributed by atoms with Crippen LogP contribution in [0.2, 0.25) is 0 Å². The van der Waals surface area contributed by atoms with Crippen LogP contribution in [0.1, 0.15) is 31.7 Å². The average Bonchev–Trinajstić information content (AvgIpc) is 2.55. The summed E-state index contributed by atoms with van der Waals surface area (Å²) in [6.07, 6.45) is 1.98. The van der Waals surface area contributed by atoms with Crippen molar-refractivity contribution in [3.05, 3.63) is 17.5 Å². The molecule has 1 aromatic rings. The first-order valence-electron chi connectivity index (χ1n) is 5.20. The van der Waals surface area contributed by atoms with Gasteiger partial charge in [0.25, 0.3) is 0 Å². The summed E-state index contributed by atoms with van der Waals surface area (Å²) in [7, 11) is 0. The molecule has 0 amide bonds. The second-order valence-electron chi connectivity index (χ2n) is 3.57. The molecule has 0 aliphatic rings. The van der Waals surface area contributed by atoms with Crippen LogP contribution in [0.25, 0.3) is 0 Å². The maximum atomic E-state index is 5.45. The second kappa shape index (κ2) is 5.12. The Morgan fingerprint density at radius 2 is 2.29 bits per heavy atom. The molecule has 1 aromatic heterocycles. The Hall–Kier alpha value is -0.870. The van der Waals surface area contributed by atoms with Gasteiger partial charge in [-0.3, -0.25) is 16.0 Å². The summed E-state index contributed by atoms with van der Waals surface area (Å²) in [6.45, 7) is 7.17. The molecular weight excluding hydrogens is 176 g/mol. The van der Waals surface area contributed by atoms with Crippen LogP contribution in [-0.2, 0) is 13.0 Å². The smallest absolute Gasteiger partial charge is 0.0596 e. The van der Waals surface area contributed by atoms with Gasteiger partial charge in [-0.2, -0.15) is 5.10 Å². The fourth-order valence-corrected chi connectivity index (χ4v) is 1.61. The molecule has 14 heavy (non-hydrogen) atoms. The molecule has 1 unspecified atom stereocenters. The van der Waals surface area contributed by atoms with E-state index >= 15 is 0 Å². The molecule has 80 valence electrons. The van der Waals surface area contributed by atoms with Crippen LogP contribution in [0, 0.1) is 6.92 Å². The van der Waals surface area contributed by atoms with Crippen LogP contribution >= 0.6 is 0 Å². The molecule has 0 aliphatic heterocycles. The molecule has 0 aliphatic carbocycles. The molecule has 0 aromatic carbocycles. The maximum Gasteiger partial charge on any atom is 0.0596 e. The van der Waals surface area contributed by atoms with Gasteiger partial charge in [-0.1, -0.05) is 6.92 Å². The van der Waals surface area contributed by atoms with E-state index in [-0.39, 0.29) is 0 Å². The zero-order valence-electron chi connectivity index (χ0n) is 9.25. The van der Waals surface area contributed by atoms with Crippen molar-refractivity contribution in [1.29, 1.82) is 0 Å². The molecule has 0 radical (unpaired) electrons. The molecule has 1 atom stereocenters. The van der Waals surface area contributed by atoms with Crippen LogP contribution in [0.15, 0.2) is 6.07 Å². The first kappa shape index (κ1) is 11.2. The molecule has 1 rings (SSSR count). The minimum Gasteiger partial charge on any atom is -0.271 e. The third-order valence-electron chi connectivity index (χ3n) is 2.47. The zero-order chi connectivity index (χ0) is 10.6. The maximum absolute atomic E-state index is 5.45. The van der Waals surface area contributed by atoms with Gasteiger partial charge in [0.2, 0.25) is 0 Å². The summed E-state index contributed by atoms with van der Waals surface area (Å²) in [4.78, 5) is 0. The summed E-state index contributed by atoms with van der Waals surface area (Å²) < 4.78 is 2.04. The lowest BCUT2D eigenvalue weighted by Crippen LogP contribution is -2.36. The summed E-state index contributed by atoms with van der Waals surface area (Å²) in [5, 5.41) is 4.40. The Balaban J connectivity index is 2.73. The molecule has 4 heteroatoms. The predicted octanol–water partition coefficient (Wildman–Crippen LogP) is 0.996. The highest BCUT2D eigenvalue weighted by Gasteiger charge is 2.09. The highest BCUT2D eigenvalue weighted by atomic mass is 15.3. The lowest BCUT2D eigenvalue weighted by atomic mass is 10.1. The third-order valence-corrected chi connectivity index (χ3v) is 2.47. The van der Waals surface area contributed by atoms with Crippen molar-refractivity contribution in [2.75, 3.05) is 0 Å². The van der Waals surface area contributed by atoms with E-state index in [1.807, 2.05) is 11.6 Å². The third kappa shape index (κ3) is 2.56. The van der Waals surface area contributed by atoms with E-state index in [4.69, 9.17) is 5.84 Å². The first-order chi connectivity index (χ1) is 6.71. The van der Waals surface area contributed by atoms with E-state index in [0.717, 1.165) is 25.1 Å². The van der Waals surface area contributed by atoms with Crippen molar-refractivity contribution in [3.63, 3.8) is 0 Å². The van der Waals surface area contributed by atoms with Gasteiger partial charge in [-0.25, -0.2) is 0 Å². The zero-order valence-corrected chi connectivity index (χ0v) is 9.25. The number of hydrogen-bond acceptors (Lipinski definition) is 3. The molecule has 1 heterocycles. The van der Waals surface area contributed by atoms with E-state index in [2.05, 4.69) is 30.4 Å². The normalized spacial score (nSPS) is 13.1. The van der Waals surface area contributed by atoms with Gasteiger partial charge in [-0.05, 0) is 26.3 Å². The van der Waals surface area contributed by atoms with E-state index in [1.165, 1.54) is 5.69 Å². The first-order valence-corrected chi connectivity index (χ1v) is 5.20. The van der Waals surface area contributed by atoms with Crippen LogP contribution in [0.5, 0.6) is 0 Å². The average molecular weight is 196 g/mol. The van der Waals surface area contributed by atoms with Crippen LogP contribution < -0.4 is 11.3 Å². The highest BCUT2D eigenvalue weighted by molar-refractivity contribution is 5.10. The van der Waals surface area contributed by atoms with Gasteiger partial charge < -0.3 is 0 Å². The van der Waals surface area contributed by atoms with Crippen LogP contribution in [0.3, 0.4) is 0 Å². The number of aryl methyl sites for hydroxylation is 2. The van der Waals surface area contributed by atoms with Crippen molar-refractivity contribution >= 4 is 0 Å². The Labute approximate surface area is 85.5 Å². The number of aromatic nitrogens is 2. The van der Waals surface area contributed by atoms with Gasteiger partial charge in [0.1, 0.15) is 0 Å². The van der Waals surface area contributed by atoms with Crippen molar-refractivity contribution in [3.8, 4) is 0 Å². The van der Waals surface area contributed by atoms with Crippen LogP contribution in [-0.4, -0.2) is 15.8 Å². The lowest BCUT2D eigenvalue weighted by Gasteiger charge is -2.13. The van der Waals surface area contributed by atoms with Crippen molar-refractivity contribution in [2.24, 2.45) is 5.84 Å². The molecule has 3 N–H and O–H groups in total. The van der Waals surface area contributed by atoms with E-state index in [1.54, 1.807) is 0 Å². The predicted molar refractivity (Wildman–Crippen MR) is 57.7 cm³/mol. The SMILES string of the molecule is CCC(Cc1cc(C)nn1CC)NN. The minimum atomic E-state index is 0.344. The van der Waals surface area contributed by atoms with Gasteiger partial charge in [0.05, 0.1) is 5.69 Å². The Morgan fingerprint density at radius 1 is 1.57 bits per heavy atom. The fraction of sp³-hybridized carbons (Fsp3) is 0.700. The Kier molecular flexibility index (Phi) is 4.10. The number of hydrogen-bond donors (Lipinski definition) is 2. The standard InChI is InChI=1S/C10H20N4/c1-4-9(12-11)7-10-6-8(3)13-14(10)5-2/h6,9,12H,4-5,7,11H2,1-3H3. The Bertz CT molecular complexity index is 276. The number of nitrogens with zero attached hydrogens (tertiary/aromatic N) is 2. The number of hydrazine groups is 1. The number of rotatable bonds is 5. The fourth-order valence-electron chi connectivity index (χ4n) is 1.61. The molecule has 0 bridgehead atoms. The van der Waals surface area contributed by atoms with Gasteiger partial charge in [0.15, 0.2) is 0 Å². The lowest BCUT2D eigenvalue weighted by molar-refractivity contribution is 0.487. The molecule has 0 spiro atoms. The largest absolute Gasteiger partial charge is 0.271 e. The quantitative estimate of drug-likeness (QED) is 0.545. The van der Waals surface area contributed by atoms with Gasteiger partial charge in [-0.15, -0.1) is 0 Å². The number of nitrogens with one attached hydrogen (secondary N) is 1. The van der Waals surface area contributed by atoms with E-state index in [0.29, 0.717) is 6.04 Å². The molecule has 0 fully saturated rings. The topological polar surface area (TPSA) is 55.9 Å². The van der Waals surface area contributed by atoms with Crippen LogP contribution in [0.4, 0.5) is 0 Å². The second-order valence-corrected chi connectivity index (χ2v) is 3.57. The molecule has 4 nitrogen and oxygen atoms in total. The molecular formula is C10H20N4. The summed E-state index contributed by atoms with van der Waals surface area (Å²) >= 11 is 0. The monoisotopic (exact) mass is 196 g/mol. The number of nitrogens with two attached hydrogens (primary N) is 1. The Morgan fingerprint density at radius 3 is 2.79 bits per heavy atom. The summed E-state index contributed by atoms with van der Waals surface area (Å²) in [5.41, 5.74) is 5.16. The summed E-state index contributed by atoms with van der Waals surface area (Å²) in [5.74, 6) is 5.45. The van der Waals surface area contributed by atoms with E-state index < -0.39 is 0 Å². The van der Waals surface area contributed by atoms with E-state index in [9.17, 15) is 0 Å². The molecule has 0 saturated heterocycles. The van der Waals surface area contributed by atoms with Crippen molar-refractivity contribution in [2.45, 2.75) is 46.2 Å². The van der Waals surface area contributed by atoms with Gasteiger partial charge in [0, 0.05) is 24.7 Å².